The van der Waals surface area contributed by atoms with Crippen LogP contribution in [0.3, 0.4) is 0 Å². The number of methoxy groups -OCH3 is 4. The van der Waals surface area contributed by atoms with E-state index in [1.807, 2.05) is 12.1 Å². The van der Waals surface area contributed by atoms with Crippen LogP contribution in [0.2, 0.25) is 0 Å². The maximum absolute atomic E-state index is 5.89. The molecule has 0 spiro atoms. The predicted molar refractivity (Wildman–Crippen MR) is 197 cm³/mol. The van der Waals surface area contributed by atoms with Crippen molar-refractivity contribution in [2.45, 2.75) is 5.41 Å². The smallest absolute Gasteiger partial charge is 0.119 e. The van der Waals surface area contributed by atoms with Crippen LogP contribution in [0.15, 0.2) is 151 Å². The van der Waals surface area contributed by atoms with E-state index in [1.54, 1.807) is 28.4 Å². The number of rotatable bonds is 8. The van der Waals surface area contributed by atoms with Crippen molar-refractivity contribution in [1.82, 2.24) is 0 Å². The SMILES string of the molecule is COc1ccc(C2=C3C(=C(c4ccccc4)c4ccccc4C3(c3ccc(OC)cc3)c3ccc(OC)cc3)c3cc(OC)ccc32)cc1. The average Bonchev–Trinajstić information content (AvgIpc) is 3.51. The highest BCUT2D eigenvalue weighted by Crippen LogP contribution is 2.64. The summed E-state index contributed by atoms with van der Waals surface area (Å²) >= 11 is 0. The molecule has 0 N–H and O–H groups in total. The number of hydrogen-bond acceptors (Lipinski definition) is 4. The zero-order valence-electron chi connectivity index (χ0n) is 28.0. The molecule has 0 saturated carbocycles. The van der Waals surface area contributed by atoms with Gasteiger partial charge in [0.25, 0.3) is 0 Å². The van der Waals surface area contributed by atoms with E-state index in [-0.39, 0.29) is 0 Å². The molecular formula is C45H36O4. The van der Waals surface area contributed by atoms with Crippen LogP contribution in [-0.4, -0.2) is 28.4 Å². The van der Waals surface area contributed by atoms with E-state index in [0.29, 0.717) is 0 Å². The lowest BCUT2D eigenvalue weighted by Gasteiger charge is -2.44. The molecule has 0 heterocycles. The Morgan fingerprint density at radius 3 is 1.43 bits per heavy atom. The molecular weight excluding hydrogens is 604 g/mol. The van der Waals surface area contributed by atoms with Gasteiger partial charge in [0.05, 0.1) is 33.9 Å². The molecule has 49 heavy (non-hydrogen) atoms. The summed E-state index contributed by atoms with van der Waals surface area (Å²) in [6.07, 6.45) is 0. The molecule has 8 rings (SSSR count). The Labute approximate surface area is 287 Å². The first-order chi connectivity index (χ1) is 24.1. The fourth-order valence-corrected chi connectivity index (χ4v) is 7.81. The lowest BCUT2D eigenvalue weighted by molar-refractivity contribution is 0.414. The second-order valence-electron chi connectivity index (χ2n) is 12.3. The third kappa shape index (κ3) is 4.67. The summed E-state index contributed by atoms with van der Waals surface area (Å²) in [5, 5.41) is 0. The summed E-state index contributed by atoms with van der Waals surface area (Å²) < 4.78 is 22.9. The molecule has 240 valence electrons. The van der Waals surface area contributed by atoms with Gasteiger partial charge in [-0.2, -0.15) is 0 Å². The summed E-state index contributed by atoms with van der Waals surface area (Å²) in [7, 11) is 6.86. The van der Waals surface area contributed by atoms with E-state index in [9.17, 15) is 0 Å². The van der Waals surface area contributed by atoms with Crippen molar-refractivity contribution in [3.8, 4) is 23.0 Å². The molecule has 4 heteroatoms. The van der Waals surface area contributed by atoms with Gasteiger partial charge >= 0.3 is 0 Å². The van der Waals surface area contributed by atoms with Crippen molar-refractivity contribution in [3.63, 3.8) is 0 Å². The quantitative estimate of drug-likeness (QED) is 0.166. The van der Waals surface area contributed by atoms with E-state index >= 15 is 0 Å². The Morgan fingerprint density at radius 1 is 0.367 bits per heavy atom. The van der Waals surface area contributed by atoms with Gasteiger partial charge in [-0.05, 0) is 115 Å². The van der Waals surface area contributed by atoms with E-state index in [2.05, 4.69) is 133 Å². The van der Waals surface area contributed by atoms with E-state index in [0.717, 1.165) is 56.4 Å². The van der Waals surface area contributed by atoms with Crippen LogP contribution in [0, 0.1) is 0 Å². The molecule has 0 bridgehead atoms. The summed E-state index contributed by atoms with van der Waals surface area (Å²) in [6, 6.07) is 51.7. The van der Waals surface area contributed by atoms with Crippen molar-refractivity contribution in [3.05, 3.63) is 196 Å². The first kappa shape index (κ1) is 30.3. The third-order valence-electron chi connectivity index (χ3n) is 9.98. The molecule has 0 saturated heterocycles. The Balaban J connectivity index is 1.62. The minimum atomic E-state index is -0.732. The maximum Gasteiger partial charge on any atom is 0.119 e. The van der Waals surface area contributed by atoms with Gasteiger partial charge in [0.15, 0.2) is 0 Å². The molecule has 4 nitrogen and oxygen atoms in total. The highest BCUT2D eigenvalue weighted by molar-refractivity contribution is 6.19. The number of fused-ring (bicyclic) bond motifs is 4. The topological polar surface area (TPSA) is 36.9 Å². The van der Waals surface area contributed by atoms with E-state index in [4.69, 9.17) is 18.9 Å². The zero-order chi connectivity index (χ0) is 33.5. The molecule has 6 aromatic carbocycles. The van der Waals surface area contributed by atoms with Gasteiger partial charge in [-0.3, -0.25) is 0 Å². The van der Waals surface area contributed by atoms with Crippen LogP contribution in [0.25, 0.3) is 16.7 Å². The molecule has 6 aromatic rings. The van der Waals surface area contributed by atoms with Gasteiger partial charge in [-0.25, -0.2) is 0 Å². The molecule has 2 aliphatic carbocycles. The zero-order valence-corrected chi connectivity index (χ0v) is 28.0. The van der Waals surface area contributed by atoms with Crippen LogP contribution in [0.4, 0.5) is 0 Å². The normalized spacial score (nSPS) is 14.1. The lowest BCUT2D eigenvalue weighted by atomic mass is 9.57. The van der Waals surface area contributed by atoms with Crippen LogP contribution in [-0.2, 0) is 5.41 Å². The van der Waals surface area contributed by atoms with Crippen molar-refractivity contribution < 1.29 is 18.9 Å². The van der Waals surface area contributed by atoms with Gasteiger partial charge in [0.2, 0.25) is 0 Å². The highest BCUT2D eigenvalue weighted by atomic mass is 16.5. The number of allylic oxidation sites excluding steroid dienone is 2. The predicted octanol–water partition coefficient (Wildman–Crippen LogP) is 9.84. The summed E-state index contributed by atoms with van der Waals surface area (Å²) in [4.78, 5) is 0. The van der Waals surface area contributed by atoms with Crippen molar-refractivity contribution in [2.24, 2.45) is 0 Å². The first-order valence-electron chi connectivity index (χ1n) is 16.4. The van der Waals surface area contributed by atoms with Crippen molar-refractivity contribution in [1.29, 1.82) is 0 Å². The van der Waals surface area contributed by atoms with Gasteiger partial charge in [0.1, 0.15) is 23.0 Å². The molecule has 0 amide bonds. The molecule has 0 atom stereocenters. The standard InChI is InChI=1S/C45H36O4/c1-46-33-20-14-30(15-21-33)42-37-27-26-36(49-4)28-39(37)43-41(29-10-6-5-7-11-29)38-12-8-9-13-40(38)45(44(42)43,31-16-22-34(47-2)23-17-31)32-18-24-35(48-3)25-19-32/h5-28H,1-4H3. The number of ether oxygens (including phenoxy) is 4. The molecule has 0 aromatic heterocycles. The third-order valence-corrected chi connectivity index (χ3v) is 9.98. The first-order valence-corrected chi connectivity index (χ1v) is 16.4. The summed E-state index contributed by atoms with van der Waals surface area (Å²) in [5.74, 6) is 3.24. The Morgan fingerprint density at radius 2 is 0.857 bits per heavy atom. The largest absolute Gasteiger partial charge is 0.497 e. The van der Waals surface area contributed by atoms with Crippen LogP contribution < -0.4 is 18.9 Å². The number of benzene rings is 6. The average molecular weight is 641 g/mol. The molecule has 0 fully saturated rings. The second-order valence-corrected chi connectivity index (χ2v) is 12.3. The van der Waals surface area contributed by atoms with Crippen LogP contribution in [0.5, 0.6) is 23.0 Å². The Kier molecular flexibility index (Phi) is 7.57. The van der Waals surface area contributed by atoms with Crippen molar-refractivity contribution in [2.75, 3.05) is 28.4 Å². The number of hydrogen-bond donors (Lipinski definition) is 0. The summed E-state index contributed by atoms with van der Waals surface area (Å²) in [5.41, 5.74) is 13.3. The van der Waals surface area contributed by atoms with Gasteiger partial charge in [-0.1, -0.05) is 97.1 Å². The molecule has 2 aliphatic rings. The minimum Gasteiger partial charge on any atom is -0.497 e. The van der Waals surface area contributed by atoms with Gasteiger partial charge in [-0.15, -0.1) is 0 Å². The molecule has 0 radical (unpaired) electrons. The summed E-state index contributed by atoms with van der Waals surface area (Å²) in [6.45, 7) is 0. The van der Waals surface area contributed by atoms with Crippen LogP contribution >= 0.6 is 0 Å². The van der Waals surface area contributed by atoms with Crippen molar-refractivity contribution >= 4 is 16.7 Å². The lowest BCUT2D eigenvalue weighted by Crippen LogP contribution is -2.36. The Hall–Kier alpha value is -6.00. The highest BCUT2D eigenvalue weighted by Gasteiger charge is 2.51. The molecule has 0 unspecified atom stereocenters. The second kappa shape index (κ2) is 12.2. The fourth-order valence-electron chi connectivity index (χ4n) is 7.81. The van der Waals surface area contributed by atoms with Gasteiger partial charge < -0.3 is 18.9 Å². The van der Waals surface area contributed by atoms with Gasteiger partial charge in [0, 0.05) is 0 Å². The Bertz CT molecular complexity index is 2180. The fraction of sp³-hybridized carbons (Fsp3) is 0.111. The minimum absolute atomic E-state index is 0.732. The van der Waals surface area contributed by atoms with E-state index in [1.165, 1.54) is 33.4 Å². The van der Waals surface area contributed by atoms with Crippen LogP contribution in [0.1, 0.15) is 44.5 Å². The maximum atomic E-state index is 5.89. The van der Waals surface area contributed by atoms with E-state index < -0.39 is 5.41 Å². The molecule has 0 aliphatic heterocycles. The monoisotopic (exact) mass is 640 g/mol.